The van der Waals surface area contributed by atoms with Crippen molar-refractivity contribution in [1.29, 1.82) is 0 Å². The standard InChI is InChI=1S/C17H17Br2NO/c18-14-5-8-17(16(19)9-14)21-11-13-4-2-1-3-12(13)10-20-15-6-7-15/h1-5,8-9,15,20H,6-7,10-11H2. The summed E-state index contributed by atoms with van der Waals surface area (Å²) in [6.45, 7) is 1.51. The number of benzene rings is 2. The second-order valence-corrected chi connectivity index (χ2v) is 7.06. The highest BCUT2D eigenvalue weighted by Gasteiger charge is 2.20. The van der Waals surface area contributed by atoms with Gasteiger partial charge in [0.05, 0.1) is 4.47 Å². The molecule has 21 heavy (non-hydrogen) atoms. The molecule has 2 aromatic carbocycles. The van der Waals surface area contributed by atoms with Gasteiger partial charge in [0.25, 0.3) is 0 Å². The number of hydrogen-bond donors (Lipinski definition) is 1. The highest BCUT2D eigenvalue weighted by molar-refractivity contribution is 9.11. The van der Waals surface area contributed by atoms with Crippen molar-refractivity contribution in [3.8, 4) is 5.75 Å². The first-order valence-electron chi connectivity index (χ1n) is 7.10. The number of ether oxygens (including phenoxy) is 1. The summed E-state index contributed by atoms with van der Waals surface area (Å²) in [6, 6.07) is 15.1. The Balaban J connectivity index is 1.66. The van der Waals surface area contributed by atoms with Crippen LogP contribution in [0.25, 0.3) is 0 Å². The molecule has 4 heteroatoms. The van der Waals surface area contributed by atoms with Gasteiger partial charge in [0.2, 0.25) is 0 Å². The Labute approximate surface area is 142 Å². The van der Waals surface area contributed by atoms with Crippen molar-refractivity contribution in [3.05, 3.63) is 62.5 Å². The summed E-state index contributed by atoms with van der Waals surface area (Å²) < 4.78 is 7.95. The zero-order valence-corrected chi connectivity index (χ0v) is 14.8. The molecule has 1 saturated carbocycles. The van der Waals surface area contributed by atoms with Crippen molar-refractivity contribution in [2.45, 2.75) is 32.0 Å². The third-order valence-corrected chi connectivity index (χ3v) is 4.67. The maximum atomic E-state index is 5.95. The lowest BCUT2D eigenvalue weighted by Gasteiger charge is -2.13. The molecule has 0 aliphatic heterocycles. The highest BCUT2D eigenvalue weighted by atomic mass is 79.9. The van der Waals surface area contributed by atoms with Crippen LogP contribution in [0.2, 0.25) is 0 Å². The first kappa shape index (κ1) is 15.1. The third-order valence-electron chi connectivity index (χ3n) is 3.55. The zero-order valence-electron chi connectivity index (χ0n) is 11.6. The van der Waals surface area contributed by atoms with Crippen LogP contribution < -0.4 is 10.1 Å². The lowest BCUT2D eigenvalue weighted by molar-refractivity contribution is 0.302. The molecule has 0 radical (unpaired) electrons. The predicted octanol–water partition coefficient (Wildman–Crippen LogP) is 5.04. The summed E-state index contributed by atoms with van der Waals surface area (Å²) in [6.07, 6.45) is 2.62. The van der Waals surface area contributed by atoms with Gasteiger partial charge in [0, 0.05) is 17.1 Å². The Hall–Kier alpha value is -0.840. The largest absolute Gasteiger partial charge is 0.488 e. The van der Waals surface area contributed by atoms with Crippen LogP contribution in [0.5, 0.6) is 5.75 Å². The van der Waals surface area contributed by atoms with Crippen LogP contribution in [0.1, 0.15) is 24.0 Å². The van der Waals surface area contributed by atoms with Crippen molar-refractivity contribution in [1.82, 2.24) is 5.32 Å². The van der Waals surface area contributed by atoms with Gasteiger partial charge in [0.15, 0.2) is 0 Å². The van der Waals surface area contributed by atoms with Crippen molar-refractivity contribution in [2.75, 3.05) is 0 Å². The van der Waals surface area contributed by atoms with Gasteiger partial charge in [-0.2, -0.15) is 0 Å². The quantitative estimate of drug-likeness (QED) is 0.719. The van der Waals surface area contributed by atoms with Crippen LogP contribution in [0.3, 0.4) is 0 Å². The highest BCUT2D eigenvalue weighted by Crippen LogP contribution is 2.29. The fourth-order valence-corrected chi connectivity index (χ4v) is 3.32. The summed E-state index contributed by atoms with van der Waals surface area (Å²) in [5, 5.41) is 3.56. The monoisotopic (exact) mass is 409 g/mol. The van der Waals surface area contributed by atoms with Gasteiger partial charge in [0.1, 0.15) is 12.4 Å². The van der Waals surface area contributed by atoms with Crippen LogP contribution in [0, 0.1) is 0 Å². The molecule has 0 unspecified atom stereocenters. The minimum atomic E-state index is 0.586. The molecule has 1 aliphatic rings. The second-order valence-electron chi connectivity index (χ2n) is 5.29. The molecule has 0 aromatic heterocycles. The van der Waals surface area contributed by atoms with E-state index in [2.05, 4.69) is 61.4 Å². The van der Waals surface area contributed by atoms with Crippen LogP contribution in [-0.2, 0) is 13.2 Å². The van der Waals surface area contributed by atoms with E-state index in [1.165, 1.54) is 24.0 Å². The van der Waals surface area contributed by atoms with Gasteiger partial charge < -0.3 is 10.1 Å². The molecule has 0 bridgehead atoms. The number of halogens is 2. The molecule has 1 aliphatic carbocycles. The minimum absolute atomic E-state index is 0.586. The van der Waals surface area contributed by atoms with E-state index in [1.54, 1.807) is 0 Å². The molecule has 0 heterocycles. The van der Waals surface area contributed by atoms with E-state index in [9.17, 15) is 0 Å². The molecule has 3 rings (SSSR count). The Morgan fingerprint density at radius 3 is 2.52 bits per heavy atom. The molecule has 0 saturated heterocycles. The molecule has 0 amide bonds. The molecule has 1 N–H and O–H groups in total. The van der Waals surface area contributed by atoms with Crippen molar-refractivity contribution >= 4 is 31.9 Å². The van der Waals surface area contributed by atoms with Crippen LogP contribution in [0.15, 0.2) is 51.4 Å². The Bertz CT molecular complexity index is 626. The van der Waals surface area contributed by atoms with Gasteiger partial charge in [-0.15, -0.1) is 0 Å². The lowest BCUT2D eigenvalue weighted by Crippen LogP contribution is -2.16. The first-order valence-corrected chi connectivity index (χ1v) is 8.69. The van der Waals surface area contributed by atoms with E-state index >= 15 is 0 Å². The van der Waals surface area contributed by atoms with E-state index in [0.29, 0.717) is 6.61 Å². The first-order chi connectivity index (χ1) is 10.2. The summed E-state index contributed by atoms with van der Waals surface area (Å²) in [4.78, 5) is 0. The van der Waals surface area contributed by atoms with E-state index < -0.39 is 0 Å². The van der Waals surface area contributed by atoms with E-state index in [1.807, 2.05) is 18.2 Å². The van der Waals surface area contributed by atoms with Crippen molar-refractivity contribution in [3.63, 3.8) is 0 Å². The summed E-state index contributed by atoms with van der Waals surface area (Å²) >= 11 is 6.98. The average molecular weight is 411 g/mol. The van der Waals surface area contributed by atoms with E-state index in [4.69, 9.17) is 4.74 Å². The number of nitrogens with one attached hydrogen (secondary N) is 1. The van der Waals surface area contributed by atoms with Crippen molar-refractivity contribution < 1.29 is 4.74 Å². The molecule has 110 valence electrons. The topological polar surface area (TPSA) is 21.3 Å². The van der Waals surface area contributed by atoms with Gasteiger partial charge in [-0.25, -0.2) is 0 Å². The summed E-state index contributed by atoms with van der Waals surface area (Å²) in [7, 11) is 0. The van der Waals surface area contributed by atoms with Gasteiger partial charge >= 0.3 is 0 Å². The second kappa shape index (κ2) is 6.95. The van der Waals surface area contributed by atoms with Crippen LogP contribution in [0.4, 0.5) is 0 Å². The van der Waals surface area contributed by atoms with E-state index in [0.717, 1.165) is 27.3 Å². The smallest absolute Gasteiger partial charge is 0.134 e. The average Bonchev–Trinajstić information content (AvgIpc) is 3.29. The van der Waals surface area contributed by atoms with Gasteiger partial charge in [-0.05, 0) is 58.1 Å². The predicted molar refractivity (Wildman–Crippen MR) is 92.5 cm³/mol. The summed E-state index contributed by atoms with van der Waals surface area (Å²) in [5.41, 5.74) is 2.55. The fraction of sp³-hybridized carbons (Fsp3) is 0.294. The number of rotatable bonds is 6. The summed E-state index contributed by atoms with van der Waals surface area (Å²) in [5.74, 6) is 0.864. The van der Waals surface area contributed by atoms with Crippen LogP contribution >= 0.6 is 31.9 Å². The maximum absolute atomic E-state index is 5.95. The molecule has 2 nitrogen and oxygen atoms in total. The molecule has 2 aromatic rings. The fourth-order valence-electron chi connectivity index (χ4n) is 2.16. The minimum Gasteiger partial charge on any atom is -0.488 e. The van der Waals surface area contributed by atoms with E-state index in [-0.39, 0.29) is 0 Å². The zero-order chi connectivity index (χ0) is 14.7. The SMILES string of the molecule is Brc1ccc(OCc2ccccc2CNC2CC2)c(Br)c1. The van der Waals surface area contributed by atoms with Gasteiger partial charge in [-0.1, -0.05) is 40.2 Å². The molecule has 0 atom stereocenters. The maximum Gasteiger partial charge on any atom is 0.134 e. The third kappa shape index (κ3) is 4.31. The number of hydrogen-bond acceptors (Lipinski definition) is 2. The Morgan fingerprint density at radius 2 is 1.81 bits per heavy atom. The molecule has 0 spiro atoms. The van der Waals surface area contributed by atoms with Gasteiger partial charge in [-0.3, -0.25) is 0 Å². The molecule has 1 fully saturated rings. The molecular formula is C17H17Br2NO. The Morgan fingerprint density at radius 1 is 1.05 bits per heavy atom. The molecular weight excluding hydrogens is 394 g/mol. The Kier molecular flexibility index (Phi) is 4.99. The van der Waals surface area contributed by atoms with Crippen molar-refractivity contribution in [2.24, 2.45) is 0 Å². The normalized spacial score (nSPS) is 14.2. The van der Waals surface area contributed by atoms with Crippen LogP contribution in [-0.4, -0.2) is 6.04 Å². The lowest BCUT2D eigenvalue weighted by atomic mass is 10.1.